The second-order valence-corrected chi connectivity index (χ2v) is 3.77. The molecule has 0 aromatic rings. The van der Waals surface area contributed by atoms with E-state index in [4.69, 9.17) is 9.47 Å². The van der Waals surface area contributed by atoms with E-state index < -0.39 is 0 Å². The Labute approximate surface area is 117 Å². The highest BCUT2D eigenvalue weighted by Gasteiger charge is 2.04. The van der Waals surface area contributed by atoms with Crippen LogP contribution in [0.25, 0.3) is 0 Å². The Balaban J connectivity index is 0. The number of carbonyl (C=O) groups is 2. The van der Waals surface area contributed by atoms with Crippen molar-refractivity contribution in [2.24, 2.45) is 0 Å². The smallest absolute Gasteiger partial charge is 0.305 e. The van der Waals surface area contributed by atoms with Crippen molar-refractivity contribution >= 4 is 11.9 Å². The molecule has 114 valence electrons. The van der Waals surface area contributed by atoms with Crippen molar-refractivity contribution in [2.75, 3.05) is 26.3 Å². The van der Waals surface area contributed by atoms with Gasteiger partial charge < -0.3 is 14.8 Å². The Morgan fingerprint density at radius 1 is 0.789 bits per heavy atom. The van der Waals surface area contributed by atoms with Crippen LogP contribution in [0, 0.1) is 0 Å². The minimum absolute atomic E-state index is 0.198. The van der Waals surface area contributed by atoms with Gasteiger partial charge in [0, 0.05) is 12.8 Å². The molecule has 0 aromatic carbocycles. The number of rotatable bonds is 9. The second kappa shape index (κ2) is 16.9. The van der Waals surface area contributed by atoms with E-state index in [0.29, 0.717) is 38.9 Å². The number of nitrogens with one attached hydrogen (secondary N) is 1. The average Bonchev–Trinajstić information content (AvgIpc) is 2.37. The molecule has 0 atom stereocenters. The van der Waals surface area contributed by atoms with Crippen LogP contribution >= 0.6 is 0 Å². The zero-order valence-corrected chi connectivity index (χ0v) is 12.8. The van der Waals surface area contributed by atoms with Gasteiger partial charge in [-0.15, -0.1) is 0 Å². The van der Waals surface area contributed by atoms with Crippen LogP contribution in [0.3, 0.4) is 0 Å². The van der Waals surface area contributed by atoms with Crippen LogP contribution in [0.4, 0.5) is 0 Å². The largest absolute Gasteiger partial charge is 0.466 e. The Hall–Kier alpha value is -1.10. The molecule has 0 radical (unpaired) electrons. The minimum Gasteiger partial charge on any atom is -0.466 e. The standard InChI is InChI=1S/C10H18O4.C4H11N/c1-3-13-9(11)7-5-6-8-10(12)14-4-2;1-3-5-4-2/h3-8H2,1-2H3;5H,3-4H2,1-2H3. The summed E-state index contributed by atoms with van der Waals surface area (Å²) in [5, 5.41) is 3.11. The molecule has 0 aromatic heterocycles. The van der Waals surface area contributed by atoms with Gasteiger partial charge in [-0.3, -0.25) is 9.59 Å². The van der Waals surface area contributed by atoms with E-state index in [1.165, 1.54) is 0 Å². The van der Waals surface area contributed by atoms with Gasteiger partial charge in [0.05, 0.1) is 13.2 Å². The number of carbonyl (C=O) groups excluding carboxylic acids is 2. The lowest BCUT2D eigenvalue weighted by Gasteiger charge is -2.02. The molecule has 0 rings (SSSR count). The number of hydrogen-bond acceptors (Lipinski definition) is 5. The maximum Gasteiger partial charge on any atom is 0.305 e. The fraction of sp³-hybridized carbons (Fsp3) is 0.857. The van der Waals surface area contributed by atoms with Gasteiger partial charge in [0.25, 0.3) is 0 Å². The molecular formula is C14H29NO4. The molecule has 0 aliphatic heterocycles. The van der Waals surface area contributed by atoms with E-state index in [9.17, 15) is 9.59 Å². The van der Waals surface area contributed by atoms with Crippen LogP contribution in [0.15, 0.2) is 0 Å². The van der Waals surface area contributed by atoms with E-state index in [2.05, 4.69) is 19.2 Å². The zero-order chi connectivity index (χ0) is 14.9. The fourth-order valence-corrected chi connectivity index (χ4v) is 1.25. The van der Waals surface area contributed by atoms with E-state index in [1.54, 1.807) is 13.8 Å². The fourth-order valence-electron chi connectivity index (χ4n) is 1.25. The Morgan fingerprint density at radius 3 is 1.37 bits per heavy atom. The Kier molecular flexibility index (Phi) is 18.0. The first-order valence-electron chi connectivity index (χ1n) is 7.14. The third kappa shape index (κ3) is 19.4. The highest BCUT2D eigenvalue weighted by atomic mass is 16.5. The molecular weight excluding hydrogens is 246 g/mol. The summed E-state index contributed by atoms with van der Waals surface area (Å²) in [5.74, 6) is -0.396. The maximum atomic E-state index is 10.9. The van der Waals surface area contributed by atoms with Crippen molar-refractivity contribution < 1.29 is 19.1 Å². The van der Waals surface area contributed by atoms with Crippen molar-refractivity contribution in [2.45, 2.75) is 53.4 Å². The molecule has 1 N–H and O–H groups in total. The summed E-state index contributed by atoms with van der Waals surface area (Å²) in [7, 11) is 0. The van der Waals surface area contributed by atoms with Gasteiger partial charge in [-0.1, -0.05) is 13.8 Å². The highest BCUT2D eigenvalue weighted by Crippen LogP contribution is 2.02. The molecule has 19 heavy (non-hydrogen) atoms. The van der Waals surface area contributed by atoms with Gasteiger partial charge in [-0.05, 0) is 39.8 Å². The predicted molar refractivity (Wildman–Crippen MR) is 76.0 cm³/mol. The summed E-state index contributed by atoms with van der Waals surface area (Å²) in [6, 6.07) is 0. The summed E-state index contributed by atoms with van der Waals surface area (Å²) >= 11 is 0. The van der Waals surface area contributed by atoms with Crippen LogP contribution in [0.1, 0.15) is 53.4 Å². The lowest BCUT2D eigenvalue weighted by Crippen LogP contribution is -2.09. The van der Waals surface area contributed by atoms with Gasteiger partial charge in [0.1, 0.15) is 0 Å². The van der Waals surface area contributed by atoms with Crippen LogP contribution in [-0.2, 0) is 19.1 Å². The molecule has 0 saturated heterocycles. The third-order valence-corrected chi connectivity index (χ3v) is 2.12. The summed E-state index contributed by atoms with van der Waals surface area (Å²) < 4.78 is 9.48. The van der Waals surface area contributed by atoms with Gasteiger partial charge in [-0.2, -0.15) is 0 Å². The SMILES string of the molecule is CCNCC.CCOC(=O)CCCCC(=O)OCC. The van der Waals surface area contributed by atoms with Crippen molar-refractivity contribution in [3.05, 3.63) is 0 Å². The Morgan fingerprint density at radius 2 is 1.16 bits per heavy atom. The summed E-state index contributed by atoms with van der Waals surface area (Å²) in [5.41, 5.74) is 0. The summed E-state index contributed by atoms with van der Waals surface area (Å²) in [4.78, 5) is 21.8. The molecule has 0 aliphatic carbocycles. The Bertz CT molecular complexity index is 197. The van der Waals surface area contributed by atoms with Gasteiger partial charge in [0.2, 0.25) is 0 Å². The topological polar surface area (TPSA) is 64.6 Å². The molecule has 0 heterocycles. The molecule has 0 amide bonds. The van der Waals surface area contributed by atoms with E-state index in [-0.39, 0.29) is 11.9 Å². The lowest BCUT2D eigenvalue weighted by atomic mass is 10.2. The van der Waals surface area contributed by atoms with Crippen LogP contribution in [0.2, 0.25) is 0 Å². The molecule has 0 bridgehead atoms. The number of hydrogen-bond donors (Lipinski definition) is 1. The van der Waals surface area contributed by atoms with Gasteiger partial charge in [0.15, 0.2) is 0 Å². The summed E-state index contributed by atoms with van der Waals surface area (Å²) in [6.45, 7) is 10.8. The van der Waals surface area contributed by atoms with Crippen LogP contribution in [-0.4, -0.2) is 38.2 Å². The van der Waals surface area contributed by atoms with Crippen molar-refractivity contribution in [1.29, 1.82) is 0 Å². The third-order valence-electron chi connectivity index (χ3n) is 2.12. The molecule has 5 heteroatoms. The highest BCUT2D eigenvalue weighted by molar-refractivity contribution is 5.70. The number of unbranched alkanes of at least 4 members (excludes halogenated alkanes) is 1. The quantitative estimate of drug-likeness (QED) is 0.516. The normalized spacial score (nSPS) is 9.26. The van der Waals surface area contributed by atoms with Crippen molar-refractivity contribution in [3.63, 3.8) is 0 Å². The van der Waals surface area contributed by atoms with Crippen LogP contribution < -0.4 is 5.32 Å². The molecule has 0 saturated carbocycles. The zero-order valence-electron chi connectivity index (χ0n) is 12.8. The molecule has 0 spiro atoms. The van der Waals surface area contributed by atoms with Gasteiger partial charge in [-0.25, -0.2) is 0 Å². The average molecular weight is 275 g/mol. The first-order valence-corrected chi connectivity index (χ1v) is 7.14. The molecule has 0 aliphatic rings. The number of ether oxygens (including phenoxy) is 2. The molecule has 5 nitrogen and oxygen atoms in total. The van der Waals surface area contributed by atoms with E-state index in [1.807, 2.05) is 0 Å². The number of esters is 2. The van der Waals surface area contributed by atoms with Crippen molar-refractivity contribution in [3.8, 4) is 0 Å². The summed E-state index contributed by atoms with van der Waals surface area (Å²) in [6.07, 6.45) is 2.12. The molecule has 0 fully saturated rings. The monoisotopic (exact) mass is 275 g/mol. The second-order valence-electron chi connectivity index (χ2n) is 3.77. The molecule has 0 unspecified atom stereocenters. The maximum absolute atomic E-state index is 10.9. The van der Waals surface area contributed by atoms with Crippen LogP contribution in [0.5, 0.6) is 0 Å². The predicted octanol–water partition coefficient (Wildman–Crippen LogP) is 2.29. The minimum atomic E-state index is -0.198. The van der Waals surface area contributed by atoms with Gasteiger partial charge >= 0.3 is 11.9 Å². The lowest BCUT2D eigenvalue weighted by molar-refractivity contribution is -0.145. The van der Waals surface area contributed by atoms with Crippen molar-refractivity contribution in [1.82, 2.24) is 5.32 Å². The first-order chi connectivity index (χ1) is 9.12. The first kappa shape index (κ1) is 20.2. The van der Waals surface area contributed by atoms with E-state index >= 15 is 0 Å². The van der Waals surface area contributed by atoms with E-state index in [0.717, 1.165) is 13.1 Å².